The highest BCUT2D eigenvalue weighted by Gasteiger charge is 2.19. The summed E-state index contributed by atoms with van der Waals surface area (Å²) in [4.78, 5) is 36.8. The van der Waals surface area contributed by atoms with Crippen molar-refractivity contribution in [1.29, 1.82) is 0 Å². The van der Waals surface area contributed by atoms with Gasteiger partial charge < -0.3 is 15.4 Å². The first-order chi connectivity index (χ1) is 12.8. The zero-order chi connectivity index (χ0) is 20.0. The van der Waals surface area contributed by atoms with Gasteiger partial charge in [0, 0.05) is 28.7 Å². The number of anilines is 1. The molecule has 0 saturated carbocycles. The van der Waals surface area contributed by atoms with E-state index in [1.54, 1.807) is 0 Å². The molecule has 27 heavy (non-hydrogen) atoms. The second kappa shape index (κ2) is 9.34. The summed E-state index contributed by atoms with van der Waals surface area (Å²) in [6.45, 7) is -0.639. The lowest BCUT2D eigenvalue weighted by atomic mass is 10.2. The van der Waals surface area contributed by atoms with Crippen LogP contribution in [0, 0.1) is 5.82 Å². The minimum Gasteiger partial charge on any atom is -0.452 e. The Morgan fingerprint density at radius 3 is 2.19 bits per heavy atom. The van der Waals surface area contributed by atoms with Gasteiger partial charge in [-0.15, -0.1) is 0 Å². The van der Waals surface area contributed by atoms with Crippen LogP contribution in [-0.4, -0.2) is 30.9 Å². The molecule has 2 rings (SSSR count). The topological polar surface area (TPSA) is 89.7 Å². The number of ether oxygens (including phenoxy) is 1. The van der Waals surface area contributed by atoms with Crippen LogP contribution >= 0.6 is 23.2 Å². The molecule has 0 unspecified atom stereocenters. The van der Waals surface area contributed by atoms with Crippen molar-refractivity contribution in [1.82, 2.24) is 0 Å². The third-order valence-electron chi connectivity index (χ3n) is 3.45. The molecule has 0 aliphatic carbocycles. The predicted molar refractivity (Wildman–Crippen MR) is 99.3 cm³/mol. The summed E-state index contributed by atoms with van der Waals surface area (Å²) < 4.78 is 18.1. The number of hydrogen-bond donors (Lipinski definition) is 1. The average Bonchev–Trinajstić information content (AvgIpc) is 2.60. The molecule has 0 saturated heterocycles. The number of nitrogens with zero attached hydrogens (tertiary/aromatic N) is 1. The van der Waals surface area contributed by atoms with Crippen molar-refractivity contribution in [2.75, 3.05) is 18.1 Å². The van der Waals surface area contributed by atoms with Crippen molar-refractivity contribution in [3.8, 4) is 0 Å². The second-order valence-electron chi connectivity index (χ2n) is 5.47. The summed E-state index contributed by atoms with van der Waals surface area (Å²) >= 11 is 11.7. The van der Waals surface area contributed by atoms with Crippen molar-refractivity contribution in [3.63, 3.8) is 0 Å². The van der Waals surface area contributed by atoms with E-state index >= 15 is 0 Å². The molecule has 0 aromatic heterocycles. The van der Waals surface area contributed by atoms with E-state index in [0.717, 1.165) is 0 Å². The molecule has 0 heterocycles. The van der Waals surface area contributed by atoms with Gasteiger partial charge in [-0.3, -0.25) is 9.59 Å². The lowest BCUT2D eigenvalue weighted by Gasteiger charge is -2.22. The molecule has 0 fully saturated rings. The van der Waals surface area contributed by atoms with E-state index in [0.29, 0.717) is 5.69 Å². The van der Waals surface area contributed by atoms with Crippen LogP contribution in [0.4, 0.5) is 10.1 Å². The third-order valence-corrected chi connectivity index (χ3v) is 3.88. The normalized spacial score (nSPS) is 10.3. The Labute approximate surface area is 164 Å². The van der Waals surface area contributed by atoms with Crippen LogP contribution in [0.5, 0.6) is 0 Å². The van der Waals surface area contributed by atoms with Crippen molar-refractivity contribution in [3.05, 3.63) is 63.9 Å². The Balaban J connectivity index is 2.09. The number of carbonyl (C=O) groups is 3. The summed E-state index contributed by atoms with van der Waals surface area (Å²) in [5, 5.41) is 0.491. The minimum atomic E-state index is -0.790. The van der Waals surface area contributed by atoms with E-state index in [-0.39, 0.29) is 28.6 Å². The highest BCUT2D eigenvalue weighted by atomic mass is 35.5. The maximum Gasteiger partial charge on any atom is 0.338 e. The van der Waals surface area contributed by atoms with Crippen LogP contribution in [0.25, 0.3) is 0 Å². The number of nitrogens with two attached hydrogens (primary N) is 1. The largest absolute Gasteiger partial charge is 0.452 e. The molecule has 0 spiro atoms. The minimum absolute atomic E-state index is 0.0413. The molecule has 0 atom stereocenters. The van der Waals surface area contributed by atoms with E-state index < -0.39 is 30.2 Å². The second-order valence-corrected chi connectivity index (χ2v) is 6.35. The third kappa shape index (κ3) is 6.23. The Bertz CT molecular complexity index is 839. The smallest absolute Gasteiger partial charge is 0.338 e. The van der Waals surface area contributed by atoms with Gasteiger partial charge in [-0.25, -0.2) is 9.18 Å². The quantitative estimate of drug-likeness (QED) is 0.706. The molecule has 2 aromatic rings. The van der Waals surface area contributed by atoms with Gasteiger partial charge >= 0.3 is 5.97 Å². The first-order valence-electron chi connectivity index (χ1n) is 7.73. The number of benzene rings is 2. The molecule has 2 aromatic carbocycles. The van der Waals surface area contributed by atoms with Gasteiger partial charge in [0.2, 0.25) is 5.91 Å². The van der Waals surface area contributed by atoms with Crippen molar-refractivity contribution in [2.24, 2.45) is 5.73 Å². The Hall–Kier alpha value is -2.64. The zero-order valence-electron chi connectivity index (χ0n) is 14.0. The number of halogens is 3. The summed E-state index contributed by atoms with van der Waals surface area (Å²) in [7, 11) is 0. The van der Waals surface area contributed by atoms with Crippen LogP contribution in [-0.2, 0) is 14.3 Å². The molecule has 0 aliphatic rings. The van der Waals surface area contributed by atoms with E-state index in [1.165, 1.54) is 47.4 Å². The summed E-state index contributed by atoms with van der Waals surface area (Å²) in [5.41, 5.74) is 5.55. The van der Waals surface area contributed by atoms with Gasteiger partial charge in [-0.2, -0.15) is 0 Å². The zero-order valence-corrected chi connectivity index (χ0v) is 15.5. The van der Waals surface area contributed by atoms with Crippen LogP contribution in [0.15, 0.2) is 42.5 Å². The van der Waals surface area contributed by atoms with Gasteiger partial charge in [0.05, 0.1) is 5.56 Å². The predicted octanol–water partition coefficient (Wildman–Crippen LogP) is 3.20. The summed E-state index contributed by atoms with van der Waals surface area (Å²) in [6.07, 6.45) is -0.110. The maximum atomic E-state index is 13.1. The van der Waals surface area contributed by atoms with Gasteiger partial charge in [0.15, 0.2) is 6.61 Å². The van der Waals surface area contributed by atoms with Gasteiger partial charge in [-0.1, -0.05) is 23.2 Å². The summed E-state index contributed by atoms with van der Waals surface area (Å²) in [6, 6.07) is 9.22. The molecule has 0 bridgehead atoms. The van der Waals surface area contributed by atoms with Crippen LogP contribution < -0.4 is 10.6 Å². The highest BCUT2D eigenvalue weighted by molar-refractivity contribution is 6.35. The number of primary amides is 1. The van der Waals surface area contributed by atoms with Crippen LogP contribution in [0.1, 0.15) is 16.8 Å². The molecule has 2 amide bonds. The average molecular weight is 413 g/mol. The van der Waals surface area contributed by atoms with Gasteiger partial charge in [0.1, 0.15) is 5.82 Å². The van der Waals surface area contributed by atoms with Crippen LogP contribution in [0.3, 0.4) is 0 Å². The fourth-order valence-electron chi connectivity index (χ4n) is 2.20. The molecule has 0 aliphatic heterocycles. The van der Waals surface area contributed by atoms with E-state index in [2.05, 4.69) is 0 Å². The van der Waals surface area contributed by atoms with E-state index in [1.807, 2.05) is 0 Å². The van der Waals surface area contributed by atoms with Crippen molar-refractivity contribution >= 4 is 46.7 Å². The molecule has 0 radical (unpaired) electrons. The van der Waals surface area contributed by atoms with E-state index in [9.17, 15) is 18.8 Å². The molecule has 142 valence electrons. The molecule has 9 heteroatoms. The number of rotatable bonds is 7. The number of amides is 2. The molecular formula is C18H15Cl2FN2O4. The Kier molecular flexibility index (Phi) is 7.15. The lowest BCUT2D eigenvalue weighted by molar-refractivity contribution is -0.121. The standard InChI is InChI=1S/C18H15Cl2FN2O4/c19-12-7-11(8-13(20)9-12)18(26)27-10-17(25)23(6-5-16(22)24)15-3-1-14(21)2-4-15/h1-4,7-9H,5-6,10H2,(H2,22,24). The number of esters is 1. The molecule has 2 N–H and O–H groups in total. The first-order valence-corrected chi connectivity index (χ1v) is 8.49. The van der Waals surface area contributed by atoms with Gasteiger partial charge in [-0.05, 0) is 42.5 Å². The Morgan fingerprint density at radius 2 is 1.63 bits per heavy atom. The first kappa shape index (κ1) is 20.7. The van der Waals surface area contributed by atoms with Crippen LogP contribution in [0.2, 0.25) is 10.0 Å². The fourth-order valence-corrected chi connectivity index (χ4v) is 2.73. The fraction of sp³-hybridized carbons (Fsp3) is 0.167. The summed E-state index contributed by atoms with van der Waals surface area (Å²) in [5.74, 6) is -2.49. The number of carbonyl (C=O) groups excluding carboxylic acids is 3. The van der Waals surface area contributed by atoms with E-state index in [4.69, 9.17) is 33.7 Å². The lowest BCUT2D eigenvalue weighted by Crippen LogP contribution is -2.37. The number of hydrogen-bond acceptors (Lipinski definition) is 4. The van der Waals surface area contributed by atoms with Crippen molar-refractivity contribution in [2.45, 2.75) is 6.42 Å². The monoisotopic (exact) mass is 412 g/mol. The molecular weight excluding hydrogens is 398 g/mol. The molecule has 6 nitrogen and oxygen atoms in total. The maximum absolute atomic E-state index is 13.1. The van der Waals surface area contributed by atoms with Gasteiger partial charge in [0.25, 0.3) is 5.91 Å². The SMILES string of the molecule is NC(=O)CCN(C(=O)COC(=O)c1cc(Cl)cc(Cl)c1)c1ccc(F)cc1. The highest BCUT2D eigenvalue weighted by Crippen LogP contribution is 2.20. The Morgan fingerprint density at radius 1 is 1.04 bits per heavy atom. The van der Waals surface area contributed by atoms with Crippen molar-refractivity contribution < 1.29 is 23.5 Å².